The molecule has 6 aliphatic rings. The quantitative estimate of drug-likeness (QED) is 0.264. The summed E-state index contributed by atoms with van der Waals surface area (Å²) in [7, 11) is 1.48. The van der Waals surface area contributed by atoms with E-state index in [-0.39, 0.29) is 42.0 Å². The second-order valence-corrected chi connectivity index (χ2v) is 13.4. The van der Waals surface area contributed by atoms with Crippen LogP contribution in [0.25, 0.3) is 0 Å². The molecule has 1 spiro atoms. The topological polar surface area (TPSA) is 118 Å². The highest BCUT2D eigenvalue weighted by Gasteiger charge is 2.69. The Morgan fingerprint density at radius 3 is 2.65 bits per heavy atom. The Balaban J connectivity index is 1.34. The molecule has 6 rings (SSSR count). The van der Waals surface area contributed by atoms with Gasteiger partial charge in [-0.1, -0.05) is 50.3 Å². The van der Waals surface area contributed by atoms with Gasteiger partial charge in [-0.15, -0.1) is 0 Å². The average molecular weight is 597 g/mol. The highest BCUT2D eigenvalue weighted by atomic mass is 16.6. The molecule has 9 nitrogen and oxygen atoms in total. The first-order chi connectivity index (χ1) is 20.5. The maximum Gasteiger partial charge on any atom is 0.335 e. The zero-order chi connectivity index (χ0) is 30.6. The molecular formula is C34H44O9. The Labute approximate surface area is 253 Å². The van der Waals surface area contributed by atoms with E-state index < -0.39 is 54.2 Å². The van der Waals surface area contributed by atoms with Gasteiger partial charge in [-0.3, -0.25) is 4.79 Å². The fourth-order valence-electron chi connectivity index (χ4n) is 8.16. The molecule has 0 aromatic carbocycles. The Bertz CT molecular complexity index is 1260. The Morgan fingerprint density at radius 1 is 1.21 bits per heavy atom. The first-order valence-corrected chi connectivity index (χ1v) is 15.8. The van der Waals surface area contributed by atoms with Gasteiger partial charge in [-0.25, -0.2) is 9.59 Å². The molecular weight excluding hydrogens is 552 g/mol. The van der Waals surface area contributed by atoms with Crippen LogP contribution in [-0.4, -0.2) is 72.3 Å². The van der Waals surface area contributed by atoms with Crippen LogP contribution in [-0.2, 0) is 38.1 Å². The third kappa shape index (κ3) is 5.31. The molecule has 0 aromatic heterocycles. The second kappa shape index (κ2) is 11.6. The lowest BCUT2D eigenvalue weighted by Gasteiger charge is -2.49. The number of hydrogen-bond donors (Lipinski definition) is 1. The van der Waals surface area contributed by atoms with E-state index in [1.807, 2.05) is 39.0 Å². The van der Waals surface area contributed by atoms with Gasteiger partial charge in [0.05, 0.1) is 6.10 Å². The number of carbonyl (C=O) groups excluding carboxylic acids is 3. The molecule has 234 valence electrons. The lowest BCUT2D eigenvalue weighted by Crippen LogP contribution is -2.57. The number of carbonyl (C=O) groups is 3. The summed E-state index contributed by atoms with van der Waals surface area (Å²) in [5, 5.41) is 11.9. The maximum absolute atomic E-state index is 13.5. The molecule has 1 saturated heterocycles. The van der Waals surface area contributed by atoms with E-state index in [1.165, 1.54) is 7.11 Å². The zero-order valence-electron chi connectivity index (χ0n) is 25.6. The van der Waals surface area contributed by atoms with E-state index in [2.05, 4.69) is 12.2 Å². The van der Waals surface area contributed by atoms with Crippen molar-refractivity contribution in [2.24, 2.45) is 35.5 Å². The lowest BCUT2D eigenvalue weighted by atomic mass is 9.57. The van der Waals surface area contributed by atoms with Crippen molar-refractivity contribution < 1.29 is 43.2 Å². The van der Waals surface area contributed by atoms with E-state index in [0.29, 0.717) is 24.3 Å². The SMILES string of the molecule is CO[C@H]1C[C@H]2C=C[C@H]3[C@H]4O[C@]2(/C(C)=C/[C@@H](C)[C@@H]([C@@H](C)OC(=O)CC2CC2)OC1=O)[C@@H]3[C@H](O)[C@@H](C)[C@H]4OC(=O)C1=CC=CC1. The molecule has 9 heteroatoms. The van der Waals surface area contributed by atoms with Crippen LogP contribution >= 0.6 is 0 Å². The normalized spacial score (nSPS) is 43.5. The van der Waals surface area contributed by atoms with Crippen molar-refractivity contribution in [2.45, 2.75) is 102 Å². The smallest absolute Gasteiger partial charge is 0.335 e. The van der Waals surface area contributed by atoms with Crippen molar-refractivity contribution in [1.29, 1.82) is 0 Å². The summed E-state index contributed by atoms with van der Waals surface area (Å²) in [5.74, 6) is -2.31. The van der Waals surface area contributed by atoms with Gasteiger partial charge in [-0.2, -0.15) is 0 Å². The molecule has 2 aliphatic heterocycles. The summed E-state index contributed by atoms with van der Waals surface area (Å²) < 4.78 is 30.6. The van der Waals surface area contributed by atoms with Crippen LogP contribution in [0.3, 0.4) is 0 Å². The minimum atomic E-state index is -0.952. The fraction of sp³-hybridized carbons (Fsp3) is 0.676. The Hall–Kier alpha value is -2.75. The van der Waals surface area contributed by atoms with Gasteiger partial charge in [0.25, 0.3) is 0 Å². The number of ether oxygens (including phenoxy) is 5. The molecule has 12 atom stereocenters. The number of esters is 3. The van der Waals surface area contributed by atoms with E-state index in [4.69, 9.17) is 23.7 Å². The molecule has 1 N–H and O–H groups in total. The van der Waals surface area contributed by atoms with E-state index in [1.54, 1.807) is 13.0 Å². The van der Waals surface area contributed by atoms with Gasteiger partial charge < -0.3 is 28.8 Å². The molecule has 4 bridgehead atoms. The predicted molar refractivity (Wildman–Crippen MR) is 155 cm³/mol. The minimum Gasteiger partial charge on any atom is -0.459 e. The van der Waals surface area contributed by atoms with E-state index in [9.17, 15) is 19.5 Å². The lowest BCUT2D eigenvalue weighted by molar-refractivity contribution is -0.179. The average Bonchev–Trinajstić information content (AvgIpc) is 3.54. The standard InChI is InChI=1S/C34H44O9/c1-17-14-18(2)34-23(16-25(39-5)33(38)41-29(17)20(4)40-26(35)15-21-10-11-21)12-13-24-27(34)28(36)19(3)30(31(24)43-34)42-32(37)22-8-6-7-9-22/h6-8,12-14,17,19-21,23-25,27-31,36H,9-11,15-16H2,1-5H3/b18-14+/t17-,19-,20-,23-,24-,25+,27+,28-,29+,30-,31-,34+/m1/s1. The third-order valence-electron chi connectivity index (χ3n) is 10.6. The van der Waals surface area contributed by atoms with Crippen LogP contribution in [0.4, 0.5) is 0 Å². The van der Waals surface area contributed by atoms with Crippen LogP contribution in [0.2, 0.25) is 0 Å². The van der Waals surface area contributed by atoms with Crippen LogP contribution in [0, 0.1) is 35.5 Å². The van der Waals surface area contributed by atoms with Crippen LogP contribution in [0.15, 0.2) is 47.6 Å². The number of aliphatic hydroxyl groups is 1. The first-order valence-electron chi connectivity index (χ1n) is 15.8. The molecule has 3 fully saturated rings. The molecule has 2 heterocycles. The largest absolute Gasteiger partial charge is 0.459 e. The van der Waals surface area contributed by atoms with Crippen molar-refractivity contribution in [3.63, 3.8) is 0 Å². The number of aliphatic hydroxyl groups excluding tert-OH is 1. The fourth-order valence-corrected chi connectivity index (χ4v) is 8.16. The van der Waals surface area contributed by atoms with Gasteiger partial charge >= 0.3 is 17.9 Å². The molecule has 4 aliphatic carbocycles. The van der Waals surface area contributed by atoms with E-state index >= 15 is 0 Å². The predicted octanol–water partition coefficient (Wildman–Crippen LogP) is 4.00. The summed E-state index contributed by atoms with van der Waals surface area (Å²) in [4.78, 5) is 39.1. The molecule has 0 aromatic rings. The summed E-state index contributed by atoms with van der Waals surface area (Å²) in [5.41, 5.74) is 0.535. The monoisotopic (exact) mass is 596 g/mol. The number of methoxy groups -OCH3 is 1. The molecule has 0 unspecified atom stereocenters. The summed E-state index contributed by atoms with van der Waals surface area (Å²) in [6.07, 6.45) is 10.7. The molecule has 0 amide bonds. The number of allylic oxidation sites excluding steroid dienone is 3. The highest BCUT2D eigenvalue weighted by Crippen LogP contribution is 2.61. The molecule has 0 radical (unpaired) electrons. The first kappa shape index (κ1) is 30.3. The third-order valence-corrected chi connectivity index (χ3v) is 10.6. The van der Waals surface area contributed by atoms with Gasteiger partial charge in [0.2, 0.25) is 0 Å². The number of rotatable bonds is 7. The van der Waals surface area contributed by atoms with Gasteiger partial charge in [0.15, 0.2) is 6.10 Å². The maximum atomic E-state index is 13.5. The van der Waals surface area contributed by atoms with Crippen molar-refractivity contribution in [1.82, 2.24) is 0 Å². The van der Waals surface area contributed by atoms with Crippen molar-refractivity contribution in [3.05, 3.63) is 47.6 Å². The molecule has 2 saturated carbocycles. The van der Waals surface area contributed by atoms with Crippen LogP contribution in [0.1, 0.15) is 59.8 Å². The van der Waals surface area contributed by atoms with Crippen LogP contribution in [0.5, 0.6) is 0 Å². The Kier molecular flexibility index (Phi) is 8.20. The van der Waals surface area contributed by atoms with Crippen LogP contribution < -0.4 is 0 Å². The second-order valence-electron chi connectivity index (χ2n) is 13.4. The van der Waals surface area contributed by atoms with Crippen molar-refractivity contribution >= 4 is 17.9 Å². The van der Waals surface area contributed by atoms with Crippen molar-refractivity contribution in [3.8, 4) is 0 Å². The summed E-state index contributed by atoms with van der Waals surface area (Å²) in [6, 6.07) is 0. The summed E-state index contributed by atoms with van der Waals surface area (Å²) >= 11 is 0. The van der Waals surface area contributed by atoms with Crippen molar-refractivity contribution in [2.75, 3.05) is 7.11 Å². The summed E-state index contributed by atoms with van der Waals surface area (Å²) in [6.45, 7) is 7.61. The highest BCUT2D eigenvalue weighted by molar-refractivity contribution is 5.90. The van der Waals surface area contributed by atoms with E-state index in [0.717, 1.165) is 18.4 Å². The minimum absolute atomic E-state index is 0.177. The molecule has 43 heavy (non-hydrogen) atoms. The number of hydrogen-bond acceptors (Lipinski definition) is 9. The zero-order valence-corrected chi connectivity index (χ0v) is 25.6. The van der Waals surface area contributed by atoms with Gasteiger partial charge in [-0.05, 0) is 51.0 Å². The van der Waals surface area contributed by atoms with Gasteiger partial charge in [0, 0.05) is 48.7 Å². The Morgan fingerprint density at radius 2 is 1.98 bits per heavy atom. The number of cyclic esters (lactones) is 1. The van der Waals surface area contributed by atoms with Gasteiger partial charge in [0.1, 0.15) is 30.0 Å².